The number of piperidine rings is 1. The Balaban J connectivity index is 1.82. The molecular weight excluding hydrogens is 268 g/mol. The lowest BCUT2D eigenvalue weighted by Gasteiger charge is -2.40. The molecule has 0 unspecified atom stereocenters. The molecule has 1 aromatic rings. The van der Waals surface area contributed by atoms with Crippen molar-refractivity contribution in [1.82, 2.24) is 5.32 Å². The van der Waals surface area contributed by atoms with Crippen LogP contribution >= 0.6 is 11.6 Å². The van der Waals surface area contributed by atoms with E-state index >= 15 is 0 Å². The van der Waals surface area contributed by atoms with Crippen molar-refractivity contribution in [2.75, 3.05) is 18.0 Å². The van der Waals surface area contributed by atoms with Gasteiger partial charge in [0.05, 0.1) is 10.7 Å². The number of nitrogens with zero attached hydrogens (tertiary/aromatic N) is 1. The molecule has 2 fully saturated rings. The van der Waals surface area contributed by atoms with Crippen LogP contribution in [0.3, 0.4) is 0 Å². The van der Waals surface area contributed by atoms with Gasteiger partial charge < -0.3 is 10.2 Å². The van der Waals surface area contributed by atoms with Crippen molar-refractivity contribution in [2.45, 2.75) is 52.1 Å². The lowest BCUT2D eigenvalue weighted by atomic mass is 9.84. The zero-order valence-corrected chi connectivity index (χ0v) is 13.3. The monoisotopic (exact) mass is 292 g/mol. The van der Waals surface area contributed by atoms with Crippen LogP contribution in [0.5, 0.6) is 0 Å². The smallest absolute Gasteiger partial charge is 0.0642 e. The number of halogens is 1. The maximum atomic E-state index is 6.52. The minimum atomic E-state index is 0.388. The molecule has 2 aliphatic rings. The molecule has 1 saturated carbocycles. The van der Waals surface area contributed by atoms with E-state index in [9.17, 15) is 0 Å². The van der Waals surface area contributed by atoms with Crippen LogP contribution in [0.25, 0.3) is 0 Å². The van der Waals surface area contributed by atoms with Crippen LogP contribution in [0, 0.1) is 5.41 Å². The molecule has 0 bridgehead atoms. The first-order valence-electron chi connectivity index (χ1n) is 7.81. The summed E-state index contributed by atoms with van der Waals surface area (Å²) >= 11 is 6.52. The molecule has 20 heavy (non-hydrogen) atoms. The summed E-state index contributed by atoms with van der Waals surface area (Å²) in [5.74, 6) is 0. The van der Waals surface area contributed by atoms with Gasteiger partial charge in [0.2, 0.25) is 0 Å². The Labute approximate surface area is 127 Å². The Hall–Kier alpha value is -0.730. The molecular formula is C17H25ClN2. The second-order valence-electron chi connectivity index (χ2n) is 7.09. The third-order valence-electron chi connectivity index (χ3n) is 4.45. The average Bonchev–Trinajstić information content (AvgIpc) is 3.19. The molecule has 0 atom stereocenters. The second-order valence-corrected chi connectivity index (χ2v) is 7.50. The molecule has 1 aliphatic heterocycles. The minimum absolute atomic E-state index is 0.388. The number of anilines is 1. The van der Waals surface area contributed by atoms with Gasteiger partial charge in [0.25, 0.3) is 0 Å². The van der Waals surface area contributed by atoms with E-state index in [0.717, 1.165) is 30.7 Å². The van der Waals surface area contributed by atoms with Crippen LogP contribution in [0.1, 0.15) is 45.1 Å². The number of para-hydroxylation sites is 1. The van der Waals surface area contributed by atoms with Crippen molar-refractivity contribution in [3.8, 4) is 0 Å². The van der Waals surface area contributed by atoms with Crippen LogP contribution in [0.15, 0.2) is 18.2 Å². The number of rotatable bonds is 4. The molecule has 0 amide bonds. The molecule has 1 N–H and O–H groups in total. The van der Waals surface area contributed by atoms with E-state index in [4.69, 9.17) is 11.6 Å². The zero-order valence-electron chi connectivity index (χ0n) is 12.6. The fraction of sp³-hybridized carbons (Fsp3) is 0.647. The number of benzene rings is 1. The predicted molar refractivity (Wildman–Crippen MR) is 86.5 cm³/mol. The summed E-state index contributed by atoms with van der Waals surface area (Å²) in [5.41, 5.74) is 3.00. The Morgan fingerprint density at radius 2 is 2.15 bits per heavy atom. The van der Waals surface area contributed by atoms with Crippen LogP contribution in [-0.4, -0.2) is 19.1 Å². The fourth-order valence-electron chi connectivity index (χ4n) is 3.21. The fourth-order valence-corrected chi connectivity index (χ4v) is 3.53. The van der Waals surface area contributed by atoms with Gasteiger partial charge in [-0.25, -0.2) is 0 Å². The summed E-state index contributed by atoms with van der Waals surface area (Å²) in [6.07, 6.45) is 5.22. The first-order valence-corrected chi connectivity index (χ1v) is 8.19. The highest BCUT2D eigenvalue weighted by Gasteiger charge is 2.29. The van der Waals surface area contributed by atoms with Gasteiger partial charge in [-0.2, -0.15) is 0 Å². The van der Waals surface area contributed by atoms with Gasteiger partial charge in [0.15, 0.2) is 0 Å². The summed E-state index contributed by atoms with van der Waals surface area (Å²) in [6.45, 7) is 7.89. The van der Waals surface area contributed by atoms with Gasteiger partial charge in [0.1, 0.15) is 0 Å². The Bertz CT molecular complexity index is 480. The maximum Gasteiger partial charge on any atom is 0.0642 e. The molecule has 1 heterocycles. The summed E-state index contributed by atoms with van der Waals surface area (Å²) in [6, 6.07) is 7.06. The van der Waals surface area contributed by atoms with E-state index < -0.39 is 0 Å². The third-order valence-corrected chi connectivity index (χ3v) is 4.75. The lowest BCUT2D eigenvalue weighted by Crippen LogP contribution is -2.40. The topological polar surface area (TPSA) is 15.3 Å². The van der Waals surface area contributed by atoms with Gasteiger partial charge in [-0.1, -0.05) is 37.6 Å². The molecule has 0 spiro atoms. The van der Waals surface area contributed by atoms with Crippen LogP contribution in [0.4, 0.5) is 5.69 Å². The molecule has 1 aliphatic carbocycles. The quantitative estimate of drug-likeness (QED) is 0.894. The van der Waals surface area contributed by atoms with Gasteiger partial charge in [-0.15, -0.1) is 0 Å². The molecule has 2 nitrogen and oxygen atoms in total. The molecule has 1 saturated heterocycles. The largest absolute Gasteiger partial charge is 0.370 e. The number of nitrogens with one attached hydrogen (secondary N) is 1. The van der Waals surface area contributed by atoms with E-state index in [1.165, 1.54) is 36.9 Å². The molecule has 1 aromatic carbocycles. The molecule has 110 valence electrons. The Kier molecular flexibility index (Phi) is 3.96. The van der Waals surface area contributed by atoms with E-state index in [-0.39, 0.29) is 0 Å². The van der Waals surface area contributed by atoms with Gasteiger partial charge in [0, 0.05) is 25.7 Å². The predicted octanol–water partition coefficient (Wildman–Crippen LogP) is 4.22. The maximum absolute atomic E-state index is 6.52. The van der Waals surface area contributed by atoms with Crippen molar-refractivity contribution < 1.29 is 0 Å². The van der Waals surface area contributed by atoms with Gasteiger partial charge in [-0.3, -0.25) is 0 Å². The van der Waals surface area contributed by atoms with Crippen molar-refractivity contribution in [2.24, 2.45) is 5.41 Å². The summed E-state index contributed by atoms with van der Waals surface area (Å²) in [7, 11) is 0. The summed E-state index contributed by atoms with van der Waals surface area (Å²) in [4.78, 5) is 2.50. The molecule has 0 radical (unpaired) electrons. The highest BCUT2D eigenvalue weighted by atomic mass is 35.5. The molecule has 3 rings (SSSR count). The highest BCUT2D eigenvalue weighted by Crippen LogP contribution is 2.37. The molecule has 0 aromatic heterocycles. The van der Waals surface area contributed by atoms with Crippen molar-refractivity contribution >= 4 is 17.3 Å². The Morgan fingerprint density at radius 1 is 1.35 bits per heavy atom. The van der Waals surface area contributed by atoms with Gasteiger partial charge in [-0.05, 0) is 42.7 Å². The average molecular weight is 293 g/mol. The summed E-state index contributed by atoms with van der Waals surface area (Å²) < 4.78 is 0. The second kappa shape index (κ2) is 5.57. The van der Waals surface area contributed by atoms with E-state index in [0.29, 0.717) is 5.41 Å². The zero-order chi connectivity index (χ0) is 14.2. The Morgan fingerprint density at radius 3 is 2.85 bits per heavy atom. The van der Waals surface area contributed by atoms with Gasteiger partial charge >= 0.3 is 0 Å². The van der Waals surface area contributed by atoms with Crippen molar-refractivity contribution in [3.63, 3.8) is 0 Å². The minimum Gasteiger partial charge on any atom is -0.370 e. The summed E-state index contributed by atoms with van der Waals surface area (Å²) in [5, 5.41) is 4.52. The molecule has 3 heteroatoms. The first-order chi connectivity index (χ1) is 9.55. The SMILES string of the molecule is CC1(C)CCCN(c2c(Cl)cccc2CNC2CC2)C1. The number of hydrogen-bond donors (Lipinski definition) is 1. The van der Waals surface area contributed by atoms with Crippen molar-refractivity contribution in [3.05, 3.63) is 28.8 Å². The van der Waals surface area contributed by atoms with E-state index in [2.05, 4.69) is 36.2 Å². The normalized spacial score (nSPS) is 22.1. The standard InChI is InChI=1S/C17H25ClN2/c1-17(2)9-4-10-20(12-17)16-13(5-3-6-15(16)18)11-19-14-7-8-14/h3,5-6,14,19H,4,7-12H2,1-2H3. The first kappa shape index (κ1) is 14.2. The van der Waals surface area contributed by atoms with Crippen molar-refractivity contribution in [1.29, 1.82) is 0 Å². The van der Waals surface area contributed by atoms with Crippen LogP contribution in [-0.2, 0) is 6.54 Å². The van der Waals surface area contributed by atoms with E-state index in [1.807, 2.05) is 6.07 Å². The van der Waals surface area contributed by atoms with Crippen LogP contribution < -0.4 is 10.2 Å². The highest BCUT2D eigenvalue weighted by molar-refractivity contribution is 6.33. The lowest BCUT2D eigenvalue weighted by molar-refractivity contribution is 0.293. The van der Waals surface area contributed by atoms with Crippen LogP contribution in [0.2, 0.25) is 5.02 Å². The number of hydrogen-bond acceptors (Lipinski definition) is 2. The third kappa shape index (κ3) is 3.29. The van der Waals surface area contributed by atoms with E-state index in [1.54, 1.807) is 0 Å².